The number of nitrogens with zero attached hydrogens (tertiary/aromatic N) is 2. The lowest BCUT2D eigenvalue weighted by molar-refractivity contribution is 0.0952. The Bertz CT molecular complexity index is 991. The first-order valence-corrected chi connectivity index (χ1v) is 9.90. The van der Waals surface area contributed by atoms with Crippen molar-refractivity contribution in [2.24, 2.45) is 0 Å². The summed E-state index contributed by atoms with van der Waals surface area (Å²) in [4.78, 5) is 31.7. The van der Waals surface area contributed by atoms with Crippen LogP contribution >= 0.6 is 11.3 Å². The molecule has 1 aliphatic rings. The van der Waals surface area contributed by atoms with Crippen LogP contribution in [0.3, 0.4) is 0 Å². The molecule has 0 radical (unpaired) electrons. The summed E-state index contributed by atoms with van der Waals surface area (Å²) in [7, 11) is 0. The lowest BCUT2D eigenvalue weighted by Crippen LogP contribution is -2.33. The smallest absolute Gasteiger partial charge is 0.271 e. The van der Waals surface area contributed by atoms with Crippen molar-refractivity contribution in [3.8, 4) is 0 Å². The van der Waals surface area contributed by atoms with Crippen LogP contribution in [0.1, 0.15) is 45.8 Å². The molecule has 1 aromatic carbocycles. The fourth-order valence-corrected chi connectivity index (χ4v) is 4.63. The molecule has 0 atom stereocenters. The molecule has 0 aliphatic heterocycles. The van der Waals surface area contributed by atoms with Gasteiger partial charge in [0.15, 0.2) is 4.96 Å². The number of aromatic nitrogens is 2. The number of carbonyl (C=O) groups excluding carboxylic acids is 1. The van der Waals surface area contributed by atoms with E-state index in [1.807, 2.05) is 30.3 Å². The number of hydrogen-bond donors (Lipinski definition) is 1. The van der Waals surface area contributed by atoms with Gasteiger partial charge in [-0.3, -0.25) is 14.0 Å². The van der Waals surface area contributed by atoms with Crippen LogP contribution in [0, 0.1) is 0 Å². The second-order valence-electron chi connectivity index (χ2n) is 6.62. The van der Waals surface area contributed by atoms with Crippen LogP contribution in [0.4, 0.5) is 0 Å². The molecule has 0 fully saturated rings. The van der Waals surface area contributed by atoms with E-state index in [0.29, 0.717) is 11.5 Å². The molecular formula is C20H21N3O2S. The molecule has 4 rings (SSSR count). The molecule has 0 unspecified atom stereocenters. The highest BCUT2D eigenvalue weighted by atomic mass is 32.1. The van der Waals surface area contributed by atoms with Gasteiger partial charge in [-0.25, -0.2) is 4.98 Å². The topological polar surface area (TPSA) is 63.5 Å². The largest absolute Gasteiger partial charge is 0.351 e. The average molecular weight is 367 g/mol. The van der Waals surface area contributed by atoms with Crippen LogP contribution in [0.5, 0.6) is 0 Å². The van der Waals surface area contributed by atoms with E-state index in [2.05, 4.69) is 10.3 Å². The van der Waals surface area contributed by atoms with E-state index in [1.54, 1.807) is 15.7 Å². The van der Waals surface area contributed by atoms with Crippen molar-refractivity contribution >= 4 is 22.2 Å². The van der Waals surface area contributed by atoms with Crippen molar-refractivity contribution in [3.05, 3.63) is 68.6 Å². The molecule has 0 spiro atoms. The number of benzene rings is 1. The number of aryl methyl sites for hydroxylation is 2. The standard InChI is InChI=1S/C20H21N3O2S/c24-18(21-12-11-14-7-3-1-4-8-14)15-13-22-20-23(19(15)25)16-9-5-2-6-10-17(16)26-20/h1,3-4,7-8,13H,2,5-6,9-12H2,(H,21,24). The number of thiazole rings is 1. The van der Waals surface area contributed by atoms with Gasteiger partial charge in [-0.15, -0.1) is 11.3 Å². The van der Waals surface area contributed by atoms with Gasteiger partial charge in [0.2, 0.25) is 0 Å². The summed E-state index contributed by atoms with van der Waals surface area (Å²) in [5.74, 6) is -0.346. The first-order valence-electron chi connectivity index (χ1n) is 9.08. The number of fused-ring (bicyclic) bond motifs is 3. The fourth-order valence-electron chi connectivity index (χ4n) is 3.46. The normalized spacial score (nSPS) is 14.0. The van der Waals surface area contributed by atoms with E-state index in [-0.39, 0.29) is 17.0 Å². The van der Waals surface area contributed by atoms with E-state index in [1.165, 1.54) is 17.5 Å². The van der Waals surface area contributed by atoms with Gasteiger partial charge in [-0.2, -0.15) is 0 Å². The van der Waals surface area contributed by atoms with Gasteiger partial charge < -0.3 is 5.32 Å². The van der Waals surface area contributed by atoms with Crippen LogP contribution < -0.4 is 10.9 Å². The fraction of sp³-hybridized carbons (Fsp3) is 0.350. The number of rotatable bonds is 4. The Kier molecular flexibility index (Phi) is 4.84. The zero-order valence-corrected chi connectivity index (χ0v) is 15.3. The predicted octanol–water partition coefficient (Wildman–Crippen LogP) is 3.00. The maximum Gasteiger partial charge on any atom is 0.271 e. The predicted molar refractivity (Wildman–Crippen MR) is 103 cm³/mol. The number of carbonyl (C=O) groups is 1. The van der Waals surface area contributed by atoms with Crippen molar-refractivity contribution in [1.82, 2.24) is 14.7 Å². The Labute approximate surface area is 155 Å². The van der Waals surface area contributed by atoms with Gasteiger partial charge in [0.25, 0.3) is 11.5 Å². The van der Waals surface area contributed by atoms with Gasteiger partial charge in [0.05, 0.1) is 0 Å². The Morgan fingerprint density at radius 1 is 1.15 bits per heavy atom. The van der Waals surface area contributed by atoms with Crippen molar-refractivity contribution in [3.63, 3.8) is 0 Å². The molecule has 6 heteroatoms. The van der Waals surface area contributed by atoms with E-state index in [4.69, 9.17) is 0 Å². The van der Waals surface area contributed by atoms with Gasteiger partial charge in [-0.1, -0.05) is 36.8 Å². The Morgan fingerprint density at radius 2 is 1.96 bits per heavy atom. The summed E-state index contributed by atoms with van der Waals surface area (Å²) < 4.78 is 1.66. The third-order valence-electron chi connectivity index (χ3n) is 4.84. The van der Waals surface area contributed by atoms with Gasteiger partial charge >= 0.3 is 0 Å². The van der Waals surface area contributed by atoms with Crippen LogP contribution in [0.2, 0.25) is 0 Å². The maximum atomic E-state index is 12.9. The Balaban J connectivity index is 1.56. The molecule has 134 valence electrons. The maximum absolute atomic E-state index is 12.9. The molecule has 0 bridgehead atoms. The van der Waals surface area contributed by atoms with E-state index >= 15 is 0 Å². The number of amides is 1. The lowest BCUT2D eigenvalue weighted by atomic mass is 10.1. The highest BCUT2D eigenvalue weighted by Gasteiger charge is 2.20. The Morgan fingerprint density at radius 3 is 2.81 bits per heavy atom. The van der Waals surface area contributed by atoms with Gasteiger partial charge in [-0.05, 0) is 37.7 Å². The lowest BCUT2D eigenvalue weighted by Gasteiger charge is -2.06. The van der Waals surface area contributed by atoms with Crippen molar-refractivity contribution in [2.75, 3.05) is 6.54 Å². The van der Waals surface area contributed by atoms with E-state index in [0.717, 1.165) is 43.4 Å². The SMILES string of the molecule is O=C(NCCc1ccccc1)c1cnc2sc3c(n2c1=O)CCCCC3. The molecule has 5 nitrogen and oxygen atoms in total. The molecule has 1 N–H and O–H groups in total. The molecule has 1 amide bonds. The summed E-state index contributed by atoms with van der Waals surface area (Å²) in [6, 6.07) is 9.96. The molecular weight excluding hydrogens is 346 g/mol. The zero-order valence-electron chi connectivity index (χ0n) is 14.5. The molecule has 0 saturated heterocycles. The average Bonchev–Trinajstić information content (AvgIpc) is 2.85. The number of nitrogens with one attached hydrogen (secondary N) is 1. The summed E-state index contributed by atoms with van der Waals surface area (Å²) in [5, 5.41) is 2.85. The molecule has 0 saturated carbocycles. The summed E-state index contributed by atoms with van der Waals surface area (Å²) in [6.45, 7) is 0.493. The van der Waals surface area contributed by atoms with Gasteiger partial charge in [0.1, 0.15) is 5.56 Å². The minimum atomic E-state index is -0.346. The molecule has 1 aliphatic carbocycles. The van der Waals surface area contributed by atoms with Crippen LogP contribution in [0.25, 0.3) is 4.96 Å². The minimum Gasteiger partial charge on any atom is -0.351 e. The van der Waals surface area contributed by atoms with Crippen molar-refractivity contribution in [2.45, 2.75) is 38.5 Å². The summed E-state index contributed by atoms with van der Waals surface area (Å²) in [6.07, 6.45) is 7.46. The minimum absolute atomic E-state index is 0.125. The first-order chi connectivity index (χ1) is 12.7. The second kappa shape index (κ2) is 7.41. The van der Waals surface area contributed by atoms with E-state index < -0.39 is 0 Å². The van der Waals surface area contributed by atoms with Gasteiger partial charge in [0, 0.05) is 23.3 Å². The van der Waals surface area contributed by atoms with Crippen molar-refractivity contribution < 1.29 is 4.79 Å². The first kappa shape index (κ1) is 17.0. The highest BCUT2D eigenvalue weighted by molar-refractivity contribution is 7.17. The second-order valence-corrected chi connectivity index (χ2v) is 7.68. The molecule has 2 heterocycles. The van der Waals surface area contributed by atoms with Crippen LogP contribution in [-0.4, -0.2) is 21.8 Å². The highest BCUT2D eigenvalue weighted by Crippen LogP contribution is 2.27. The monoisotopic (exact) mass is 367 g/mol. The molecule has 26 heavy (non-hydrogen) atoms. The molecule has 3 aromatic rings. The molecule has 2 aromatic heterocycles. The quantitative estimate of drug-likeness (QED) is 0.721. The number of hydrogen-bond acceptors (Lipinski definition) is 4. The third kappa shape index (κ3) is 3.29. The summed E-state index contributed by atoms with van der Waals surface area (Å²) >= 11 is 1.58. The summed E-state index contributed by atoms with van der Waals surface area (Å²) in [5.41, 5.74) is 2.09. The van der Waals surface area contributed by atoms with E-state index in [9.17, 15) is 9.59 Å². The van der Waals surface area contributed by atoms with Crippen LogP contribution in [-0.2, 0) is 19.3 Å². The zero-order chi connectivity index (χ0) is 17.9. The third-order valence-corrected chi connectivity index (χ3v) is 6.00. The van der Waals surface area contributed by atoms with Crippen molar-refractivity contribution in [1.29, 1.82) is 0 Å². The van der Waals surface area contributed by atoms with Crippen LogP contribution in [0.15, 0.2) is 41.3 Å². The Hall–Kier alpha value is -2.47.